The number of alkyl halides is 1. The number of rotatable bonds is 9. The number of amides is 1. The van der Waals surface area contributed by atoms with Crippen LogP contribution in [0.5, 0.6) is 0 Å². The Morgan fingerprint density at radius 1 is 1.35 bits per heavy atom. The molecule has 17 heavy (non-hydrogen) atoms. The predicted octanol–water partition coefficient (Wildman–Crippen LogP) is 1.53. The fourth-order valence-electron chi connectivity index (χ4n) is 1.30. The fourth-order valence-corrected chi connectivity index (χ4v) is 1.61. The Bertz CT molecular complexity index is 211. The van der Waals surface area contributed by atoms with Gasteiger partial charge in [-0.25, -0.2) is 0 Å². The van der Waals surface area contributed by atoms with E-state index in [0.29, 0.717) is 23.7 Å². The second-order valence-electron chi connectivity index (χ2n) is 4.51. The van der Waals surface area contributed by atoms with Crippen molar-refractivity contribution >= 4 is 28.5 Å². The van der Waals surface area contributed by atoms with Crippen molar-refractivity contribution in [1.29, 1.82) is 0 Å². The standard InChI is InChI=1S/C12H25IN2O2/c1-10(2)12(16)15(4)6-8-17-7-5-14-9-11(3)13/h10-11,14H,5-9H2,1-4H3. The van der Waals surface area contributed by atoms with Crippen molar-refractivity contribution in [2.45, 2.75) is 24.7 Å². The minimum absolute atomic E-state index is 0.0619. The Labute approximate surface area is 119 Å². The molecule has 102 valence electrons. The van der Waals surface area contributed by atoms with Crippen LogP contribution in [0.4, 0.5) is 0 Å². The molecule has 1 atom stereocenters. The highest BCUT2D eigenvalue weighted by Gasteiger charge is 2.11. The zero-order valence-corrected chi connectivity index (χ0v) is 13.5. The van der Waals surface area contributed by atoms with Crippen LogP contribution >= 0.6 is 22.6 Å². The van der Waals surface area contributed by atoms with Gasteiger partial charge >= 0.3 is 0 Å². The van der Waals surface area contributed by atoms with Crippen molar-refractivity contribution in [2.75, 3.05) is 39.9 Å². The number of halogens is 1. The third-order valence-corrected chi connectivity index (χ3v) is 2.73. The van der Waals surface area contributed by atoms with Crippen molar-refractivity contribution in [1.82, 2.24) is 10.2 Å². The van der Waals surface area contributed by atoms with Gasteiger partial charge in [0, 0.05) is 36.5 Å². The van der Waals surface area contributed by atoms with Crippen LogP contribution in [0.2, 0.25) is 0 Å². The first kappa shape index (κ1) is 17.1. The molecule has 0 aliphatic heterocycles. The third-order valence-electron chi connectivity index (χ3n) is 2.29. The lowest BCUT2D eigenvalue weighted by Gasteiger charge is -2.19. The number of likely N-dealkylation sites (N-methyl/N-ethyl adjacent to an activating group) is 1. The highest BCUT2D eigenvalue weighted by molar-refractivity contribution is 14.1. The van der Waals surface area contributed by atoms with Gasteiger partial charge in [-0.1, -0.05) is 43.4 Å². The van der Waals surface area contributed by atoms with Gasteiger partial charge in [0.05, 0.1) is 13.2 Å². The van der Waals surface area contributed by atoms with E-state index in [1.165, 1.54) is 0 Å². The Balaban J connectivity index is 3.36. The maximum atomic E-state index is 11.5. The summed E-state index contributed by atoms with van der Waals surface area (Å²) in [4.78, 5) is 13.3. The smallest absolute Gasteiger partial charge is 0.224 e. The summed E-state index contributed by atoms with van der Waals surface area (Å²) >= 11 is 2.39. The largest absolute Gasteiger partial charge is 0.378 e. The second-order valence-corrected chi connectivity index (χ2v) is 6.64. The maximum Gasteiger partial charge on any atom is 0.224 e. The molecular formula is C12H25IN2O2. The zero-order chi connectivity index (χ0) is 13.3. The van der Waals surface area contributed by atoms with Crippen LogP contribution in [-0.4, -0.2) is 54.6 Å². The summed E-state index contributed by atoms with van der Waals surface area (Å²) in [6.45, 7) is 9.85. The lowest BCUT2D eigenvalue weighted by Crippen LogP contribution is -2.34. The molecule has 0 spiro atoms. The van der Waals surface area contributed by atoms with E-state index in [1.807, 2.05) is 20.9 Å². The van der Waals surface area contributed by atoms with Crippen molar-refractivity contribution in [2.24, 2.45) is 5.92 Å². The molecule has 0 aliphatic rings. The highest BCUT2D eigenvalue weighted by Crippen LogP contribution is 1.98. The van der Waals surface area contributed by atoms with Gasteiger partial charge in [0.2, 0.25) is 5.91 Å². The first-order valence-corrected chi connectivity index (χ1v) is 7.37. The average molecular weight is 356 g/mol. The van der Waals surface area contributed by atoms with Crippen LogP contribution in [0.25, 0.3) is 0 Å². The van der Waals surface area contributed by atoms with E-state index in [9.17, 15) is 4.79 Å². The molecule has 0 radical (unpaired) electrons. The molecule has 0 saturated carbocycles. The van der Waals surface area contributed by atoms with E-state index in [1.54, 1.807) is 4.90 Å². The number of hydrogen-bond acceptors (Lipinski definition) is 3. The third kappa shape index (κ3) is 9.79. The minimum atomic E-state index is 0.0619. The minimum Gasteiger partial charge on any atom is -0.378 e. The van der Waals surface area contributed by atoms with E-state index in [4.69, 9.17) is 4.74 Å². The molecule has 0 fully saturated rings. The molecule has 0 bridgehead atoms. The molecule has 5 heteroatoms. The van der Waals surface area contributed by atoms with Crippen LogP contribution in [-0.2, 0) is 9.53 Å². The summed E-state index contributed by atoms with van der Waals surface area (Å²) in [6, 6.07) is 0. The van der Waals surface area contributed by atoms with Crippen molar-refractivity contribution in [3.63, 3.8) is 0 Å². The summed E-state index contributed by atoms with van der Waals surface area (Å²) < 4.78 is 6.10. The summed E-state index contributed by atoms with van der Waals surface area (Å²) in [5, 5.41) is 3.30. The summed E-state index contributed by atoms with van der Waals surface area (Å²) in [5.41, 5.74) is 0. The predicted molar refractivity (Wildman–Crippen MR) is 79.6 cm³/mol. The van der Waals surface area contributed by atoms with Gasteiger partial charge in [0.15, 0.2) is 0 Å². The van der Waals surface area contributed by atoms with E-state index >= 15 is 0 Å². The van der Waals surface area contributed by atoms with Gasteiger partial charge in [-0.3, -0.25) is 4.79 Å². The lowest BCUT2D eigenvalue weighted by molar-refractivity contribution is -0.133. The van der Waals surface area contributed by atoms with E-state index in [2.05, 4.69) is 34.8 Å². The lowest BCUT2D eigenvalue weighted by atomic mass is 10.2. The van der Waals surface area contributed by atoms with Crippen LogP contribution < -0.4 is 5.32 Å². The Kier molecular flexibility index (Phi) is 10.2. The average Bonchev–Trinajstić information content (AvgIpc) is 2.25. The van der Waals surface area contributed by atoms with Crippen LogP contribution in [0.3, 0.4) is 0 Å². The van der Waals surface area contributed by atoms with Crippen LogP contribution in [0, 0.1) is 5.92 Å². The molecule has 1 unspecified atom stereocenters. The van der Waals surface area contributed by atoms with Gasteiger partial charge in [-0.2, -0.15) is 0 Å². The Morgan fingerprint density at radius 3 is 2.53 bits per heavy atom. The summed E-state index contributed by atoms with van der Waals surface area (Å²) in [5.74, 6) is 0.234. The number of carbonyl (C=O) groups excluding carboxylic acids is 1. The van der Waals surface area contributed by atoms with Gasteiger partial charge < -0.3 is 15.0 Å². The van der Waals surface area contributed by atoms with E-state index < -0.39 is 0 Å². The monoisotopic (exact) mass is 356 g/mol. The van der Waals surface area contributed by atoms with Crippen molar-refractivity contribution < 1.29 is 9.53 Å². The van der Waals surface area contributed by atoms with Crippen LogP contribution in [0.1, 0.15) is 20.8 Å². The second kappa shape index (κ2) is 10.1. The number of nitrogens with zero attached hydrogens (tertiary/aromatic N) is 1. The molecule has 0 aromatic rings. The quantitative estimate of drug-likeness (QED) is 0.387. The first-order chi connectivity index (χ1) is 7.95. The van der Waals surface area contributed by atoms with Crippen molar-refractivity contribution in [3.8, 4) is 0 Å². The topological polar surface area (TPSA) is 41.6 Å². The Hall–Kier alpha value is 0.120. The number of nitrogens with one attached hydrogen (secondary N) is 1. The summed E-state index contributed by atoms with van der Waals surface area (Å²) in [7, 11) is 1.82. The molecular weight excluding hydrogens is 331 g/mol. The normalized spacial score (nSPS) is 12.8. The maximum absolute atomic E-state index is 11.5. The molecule has 1 amide bonds. The SMILES string of the molecule is CC(I)CNCCOCCN(C)C(=O)C(C)C. The zero-order valence-electron chi connectivity index (χ0n) is 11.3. The van der Waals surface area contributed by atoms with Crippen LogP contribution in [0.15, 0.2) is 0 Å². The summed E-state index contributed by atoms with van der Waals surface area (Å²) in [6.07, 6.45) is 0. The van der Waals surface area contributed by atoms with Gasteiger partial charge in [0.1, 0.15) is 0 Å². The molecule has 0 saturated heterocycles. The molecule has 4 nitrogen and oxygen atoms in total. The van der Waals surface area contributed by atoms with Crippen molar-refractivity contribution in [3.05, 3.63) is 0 Å². The van der Waals surface area contributed by atoms with E-state index in [0.717, 1.165) is 13.1 Å². The fraction of sp³-hybridized carbons (Fsp3) is 0.917. The number of hydrogen-bond donors (Lipinski definition) is 1. The van der Waals surface area contributed by atoms with Gasteiger partial charge in [-0.05, 0) is 0 Å². The van der Waals surface area contributed by atoms with E-state index in [-0.39, 0.29) is 11.8 Å². The molecule has 0 heterocycles. The van der Waals surface area contributed by atoms with Gasteiger partial charge in [0.25, 0.3) is 0 Å². The molecule has 0 aliphatic carbocycles. The van der Waals surface area contributed by atoms with Gasteiger partial charge in [-0.15, -0.1) is 0 Å². The highest BCUT2D eigenvalue weighted by atomic mass is 127. The molecule has 0 aromatic carbocycles. The number of carbonyl (C=O) groups is 1. The molecule has 0 aromatic heterocycles. The first-order valence-electron chi connectivity index (χ1n) is 6.12. The molecule has 1 N–H and O–H groups in total. The molecule has 0 rings (SSSR count). The Morgan fingerprint density at radius 2 is 2.00 bits per heavy atom. The number of ether oxygens (including phenoxy) is 1.